The van der Waals surface area contributed by atoms with Crippen molar-refractivity contribution < 1.29 is 0 Å². The van der Waals surface area contributed by atoms with Crippen molar-refractivity contribution in [2.45, 2.75) is 78.8 Å². The molecule has 1 fully saturated rings. The van der Waals surface area contributed by atoms with Crippen molar-refractivity contribution >= 4 is 0 Å². The third-order valence-corrected chi connectivity index (χ3v) is 4.00. The van der Waals surface area contributed by atoms with Crippen molar-refractivity contribution in [1.82, 2.24) is 10.2 Å². The van der Waals surface area contributed by atoms with Gasteiger partial charge in [-0.05, 0) is 51.5 Å². The van der Waals surface area contributed by atoms with E-state index in [0.717, 1.165) is 6.04 Å². The fraction of sp³-hybridized carbons (Fsp3) is 1.00. The van der Waals surface area contributed by atoms with Crippen molar-refractivity contribution in [2.75, 3.05) is 19.6 Å². The van der Waals surface area contributed by atoms with Gasteiger partial charge in [0.15, 0.2) is 0 Å². The first kappa shape index (κ1) is 16.0. The van der Waals surface area contributed by atoms with E-state index in [2.05, 4.69) is 51.8 Å². The minimum atomic E-state index is 0.341. The Bertz CT molecular complexity index is 232. The van der Waals surface area contributed by atoms with E-state index in [1.165, 1.54) is 45.3 Å². The Morgan fingerprint density at radius 3 is 2.06 bits per heavy atom. The summed E-state index contributed by atoms with van der Waals surface area (Å²) in [4.78, 5) is 2.70. The van der Waals surface area contributed by atoms with Crippen molar-refractivity contribution in [3.63, 3.8) is 0 Å². The van der Waals surface area contributed by atoms with Gasteiger partial charge in [-0.15, -0.1) is 0 Å². The molecule has 1 heterocycles. The summed E-state index contributed by atoms with van der Waals surface area (Å²) in [5.74, 6) is 0. The zero-order valence-corrected chi connectivity index (χ0v) is 13.5. The molecule has 0 bridgehead atoms. The van der Waals surface area contributed by atoms with Gasteiger partial charge in [0.1, 0.15) is 0 Å². The van der Waals surface area contributed by atoms with Crippen LogP contribution in [0, 0.1) is 5.41 Å². The number of likely N-dealkylation sites (tertiary alicyclic amines) is 1. The lowest BCUT2D eigenvalue weighted by Crippen LogP contribution is -2.52. The SMILES string of the molecule is CCCNC1CCN(C(C)(C)CC(C)(C)C)CC1. The van der Waals surface area contributed by atoms with Crippen LogP contribution in [-0.2, 0) is 0 Å². The van der Waals surface area contributed by atoms with Crippen molar-refractivity contribution in [3.8, 4) is 0 Å². The van der Waals surface area contributed by atoms with Gasteiger partial charge in [0, 0.05) is 24.7 Å². The van der Waals surface area contributed by atoms with Crippen LogP contribution in [0.3, 0.4) is 0 Å². The van der Waals surface area contributed by atoms with E-state index >= 15 is 0 Å². The molecule has 1 N–H and O–H groups in total. The minimum absolute atomic E-state index is 0.341. The van der Waals surface area contributed by atoms with E-state index in [1.54, 1.807) is 0 Å². The van der Waals surface area contributed by atoms with Crippen molar-refractivity contribution in [2.24, 2.45) is 5.41 Å². The lowest BCUT2D eigenvalue weighted by atomic mass is 9.80. The fourth-order valence-electron chi connectivity index (χ4n) is 3.45. The Balaban J connectivity index is 2.41. The molecule has 18 heavy (non-hydrogen) atoms. The maximum atomic E-state index is 3.66. The van der Waals surface area contributed by atoms with Gasteiger partial charge in [0.05, 0.1) is 0 Å². The molecule has 0 saturated carbocycles. The smallest absolute Gasteiger partial charge is 0.0158 e. The molecular weight excluding hydrogens is 220 g/mol. The van der Waals surface area contributed by atoms with E-state index in [1.807, 2.05) is 0 Å². The summed E-state index contributed by atoms with van der Waals surface area (Å²) in [7, 11) is 0. The van der Waals surface area contributed by atoms with Crippen LogP contribution in [0.15, 0.2) is 0 Å². The van der Waals surface area contributed by atoms with Crippen LogP contribution < -0.4 is 5.32 Å². The molecule has 0 unspecified atom stereocenters. The van der Waals surface area contributed by atoms with Crippen LogP contribution in [-0.4, -0.2) is 36.1 Å². The van der Waals surface area contributed by atoms with Gasteiger partial charge in [0.2, 0.25) is 0 Å². The highest BCUT2D eigenvalue weighted by Crippen LogP contribution is 2.32. The Kier molecular flexibility index (Phi) is 5.67. The molecule has 1 aliphatic heterocycles. The first-order valence-electron chi connectivity index (χ1n) is 7.73. The summed E-state index contributed by atoms with van der Waals surface area (Å²) in [6.45, 7) is 17.8. The van der Waals surface area contributed by atoms with Gasteiger partial charge in [-0.2, -0.15) is 0 Å². The van der Waals surface area contributed by atoms with Crippen LogP contribution in [0.5, 0.6) is 0 Å². The predicted octanol–water partition coefficient (Wildman–Crippen LogP) is 3.67. The summed E-state index contributed by atoms with van der Waals surface area (Å²) in [5, 5.41) is 3.66. The van der Waals surface area contributed by atoms with Crippen molar-refractivity contribution in [3.05, 3.63) is 0 Å². The monoisotopic (exact) mass is 254 g/mol. The average molecular weight is 254 g/mol. The number of piperidine rings is 1. The van der Waals surface area contributed by atoms with Crippen molar-refractivity contribution in [1.29, 1.82) is 0 Å². The van der Waals surface area contributed by atoms with E-state index in [-0.39, 0.29) is 0 Å². The third-order valence-electron chi connectivity index (χ3n) is 4.00. The van der Waals surface area contributed by atoms with Crippen LogP contribution in [0.1, 0.15) is 67.2 Å². The largest absolute Gasteiger partial charge is 0.314 e. The molecule has 1 aliphatic rings. The fourth-order valence-corrected chi connectivity index (χ4v) is 3.45. The average Bonchev–Trinajstić information content (AvgIpc) is 2.23. The maximum absolute atomic E-state index is 3.66. The molecule has 0 aromatic rings. The number of nitrogens with one attached hydrogen (secondary N) is 1. The van der Waals surface area contributed by atoms with E-state index < -0.39 is 0 Å². The van der Waals surface area contributed by atoms with Crippen LogP contribution in [0.2, 0.25) is 0 Å². The molecule has 0 aliphatic carbocycles. The molecule has 2 nitrogen and oxygen atoms in total. The molecule has 1 rings (SSSR count). The standard InChI is InChI=1S/C16H34N2/c1-7-10-17-14-8-11-18(12-9-14)16(5,6)13-15(2,3)4/h14,17H,7-13H2,1-6H3. The molecular formula is C16H34N2. The minimum Gasteiger partial charge on any atom is -0.314 e. The van der Waals surface area contributed by atoms with Crippen LogP contribution >= 0.6 is 0 Å². The normalized spacial score (nSPS) is 20.3. The van der Waals surface area contributed by atoms with Gasteiger partial charge in [0.25, 0.3) is 0 Å². The summed E-state index contributed by atoms with van der Waals surface area (Å²) in [5.41, 5.74) is 0.759. The molecule has 0 aromatic heterocycles. The van der Waals surface area contributed by atoms with Crippen LogP contribution in [0.4, 0.5) is 0 Å². The first-order chi connectivity index (χ1) is 8.24. The predicted molar refractivity (Wildman–Crippen MR) is 81.0 cm³/mol. The Hall–Kier alpha value is -0.0800. The Morgan fingerprint density at radius 2 is 1.61 bits per heavy atom. The van der Waals surface area contributed by atoms with Crippen LogP contribution in [0.25, 0.3) is 0 Å². The molecule has 0 radical (unpaired) electrons. The zero-order valence-electron chi connectivity index (χ0n) is 13.5. The van der Waals surface area contributed by atoms with Gasteiger partial charge in [-0.1, -0.05) is 27.7 Å². The molecule has 0 aromatic carbocycles. The van der Waals surface area contributed by atoms with E-state index in [4.69, 9.17) is 0 Å². The maximum Gasteiger partial charge on any atom is 0.0158 e. The molecule has 1 saturated heterocycles. The summed E-state index contributed by atoms with van der Waals surface area (Å²) >= 11 is 0. The molecule has 0 atom stereocenters. The van der Waals surface area contributed by atoms with Gasteiger partial charge >= 0.3 is 0 Å². The molecule has 108 valence electrons. The van der Waals surface area contributed by atoms with E-state index in [9.17, 15) is 0 Å². The number of hydrogen-bond donors (Lipinski definition) is 1. The highest BCUT2D eigenvalue weighted by atomic mass is 15.2. The van der Waals surface area contributed by atoms with Gasteiger partial charge in [-0.25, -0.2) is 0 Å². The highest BCUT2D eigenvalue weighted by molar-refractivity contribution is 4.90. The molecule has 0 spiro atoms. The summed E-state index contributed by atoms with van der Waals surface area (Å²) < 4.78 is 0. The zero-order chi connectivity index (χ0) is 13.8. The highest BCUT2D eigenvalue weighted by Gasteiger charge is 2.33. The topological polar surface area (TPSA) is 15.3 Å². The second kappa shape index (κ2) is 6.38. The summed E-state index contributed by atoms with van der Waals surface area (Å²) in [6, 6.07) is 0.756. The quantitative estimate of drug-likeness (QED) is 0.805. The third kappa shape index (κ3) is 5.27. The molecule has 0 amide bonds. The van der Waals surface area contributed by atoms with E-state index in [0.29, 0.717) is 11.0 Å². The van der Waals surface area contributed by atoms with Gasteiger partial charge in [-0.3, -0.25) is 4.90 Å². The first-order valence-corrected chi connectivity index (χ1v) is 7.73. The summed E-state index contributed by atoms with van der Waals surface area (Å²) in [6.07, 6.45) is 5.14. The second-order valence-corrected chi connectivity index (χ2v) is 7.77. The number of hydrogen-bond acceptors (Lipinski definition) is 2. The van der Waals surface area contributed by atoms with Gasteiger partial charge < -0.3 is 5.32 Å². The lowest BCUT2D eigenvalue weighted by molar-refractivity contribution is 0.0507. The lowest BCUT2D eigenvalue weighted by Gasteiger charge is -2.46. The second-order valence-electron chi connectivity index (χ2n) is 7.77. The molecule has 2 heteroatoms. The Labute approximate surface area is 115 Å². The Morgan fingerprint density at radius 1 is 1.06 bits per heavy atom. The number of nitrogens with zero attached hydrogens (tertiary/aromatic N) is 1. The number of rotatable bonds is 5.